The third-order valence-electron chi connectivity index (χ3n) is 4.63. The lowest BCUT2D eigenvalue weighted by molar-refractivity contribution is 0.467. The lowest BCUT2D eigenvalue weighted by atomic mass is 10.2. The number of ether oxygens (including phenoxy) is 1. The molecular weight excluding hydrogens is 350 g/mol. The van der Waals surface area contributed by atoms with Gasteiger partial charge in [0.25, 0.3) is 0 Å². The van der Waals surface area contributed by atoms with Crippen LogP contribution in [0.25, 0.3) is 0 Å². The van der Waals surface area contributed by atoms with Gasteiger partial charge in [0.1, 0.15) is 34.8 Å². The smallest absolute Gasteiger partial charge is 0.149 e. The number of hydrogen-bond donors (Lipinski definition) is 1. The number of hydrogen-bond acceptors (Lipinski definition) is 4. The summed E-state index contributed by atoms with van der Waals surface area (Å²) in [7, 11) is 0. The Morgan fingerprint density at radius 2 is 1.81 bits per heavy atom. The number of nitrogens with zero attached hydrogens (tertiary/aromatic N) is 3. The molecule has 1 N–H and O–H groups in total. The molecule has 0 saturated heterocycles. The summed E-state index contributed by atoms with van der Waals surface area (Å²) in [6.07, 6.45) is 2.12. The summed E-state index contributed by atoms with van der Waals surface area (Å²) in [5, 5.41) is 12.0. The maximum atomic E-state index is 13.2. The number of rotatable bonds is 6. The van der Waals surface area contributed by atoms with E-state index in [-0.39, 0.29) is 11.8 Å². The number of halogens is 2. The van der Waals surface area contributed by atoms with Crippen LogP contribution >= 0.6 is 0 Å². The van der Waals surface area contributed by atoms with Crippen LogP contribution in [-0.2, 0) is 19.5 Å². The fourth-order valence-corrected chi connectivity index (χ4v) is 3.25. The molecule has 1 atom stereocenters. The molecule has 7 heteroatoms. The van der Waals surface area contributed by atoms with Gasteiger partial charge in [-0.15, -0.1) is 10.2 Å². The first-order valence-corrected chi connectivity index (χ1v) is 8.97. The molecule has 0 unspecified atom stereocenters. The highest BCUT2D eigenvalue weighted by molar-refractivity contribution is 5.33. The zero-order valence-electron chi connectivity index (χ0n) is 15.0. The Labute approximate surface area is 156 Å². The van der Waals surface area contributed by atoms with E-state index in [1.165, 1.54) is 0 Å². The summed E-state index contributed by atoms with van der Waals surface area (Å²) in [6, 6.07) is 10.6. The highest BCUT2D eigenvalue weighted by Crippen LogP contribution is 2.24. The lowest BCUT2D eigenvalue weighted by Gasteiger charge is -2.14. The Kier molecular flexibility index (Phi) is 4.85. The first kappa shape index (κ1) is 17.6. The average molecular weight is 370 g/mol. The minimum Gasteiger partial charge on any atom is -0.457 e. The number of aromatic nitrogens is 3. The summed E-state index contributed by atoms with van der Waals surface area (Å²) >= 11 is 0. The highest BCUT2D eigenvalue weighted by Gasteiger charge is 2.20. The number of nitrogens with one attached hydrogen (secondary N) is 1. The number of aryl methyl sites for hydroxylation is 1. The second-order valence-corrected chi connectivity index (χ2v) is 6.68. The van der Waals surface area contributed by atoms with Crippen LogP contribution in [0.15, 0.2) is 42.5 Å². The molecule has 0 saturated carbocycles. The highest BCUT2D eigenvalue weighted by atomic mass is 19.1. The number of benzene rings is 2. The Morgan fingerprint density at radius 3 is 2.56 bits per heavy atom. The van der Waals surface area contributed by atoms with Gasteiger partial charge >= 0.3 is 0 Å². The molecule has 0 aliphatic carbocycles. The van der Waals surface area contributed by atoms with Gasteiger partial charge in [-0.3, -0.25) is 0 Å². The van der Waals surface area contributed by atoms with E-state index in [0.29, 0.717) is 12.3 Å². The van der Waals surface area contributed by atoms with E-state index < -0.39 is 11.6 Å². The van der Waals surface area contributed by atoms with E-state index in [1.807, 2.05) is 12.1 Å². The van der Waals surface area contributed by atoms with Crippen LogP contribution in [0.1, 0.15) is 36.6 Å². The van der Waals surface area contributed by atoms with E-state index in [4.69, 9.17) is 4.74 Å². The Hall–Kier alpha value is -2.80. The molecule has 0 amide bonds. The largest absolute Gasteiger partial charge is 0.457 e. The van der Waals surface area contributed by atoms with Crippen molar-refractivity contribution in [3.8, 4) is 11.5 Å². The molecular formula is C20H20F2N4O. The van der Waals surface area contributed by atoms with Crippen molar-refractivity contribution in [2.24, 2.45) is 0 Å². The average Bonchev–Trinajstić information content (AvgIpc) is 3.23. The molecule has 2 aromatic carbocycles. The van der Waals surface area contributed by atoms with Gasteiger partial charge in [-0.1, -0.05) is 12.1 Å². The van der Waals surface area contributed by atoms with Crippen LogP contribution in [0.2, 0.25) is 0 Å². The van der Waals surface area contributed by atoms with Gasteiger partial charge in [-0.05, 0) is 31.0 Å². The summed E-state index contributed by atoms with van der Waals surface area (Å²) < 4.78 is 34.2. The summed E-state index contributed by atoms with van der Waals surface area (Å²) in [5.74, 6) is 1.35. The number of fused-ring (bicyclic) bond motifs is 1. The van der Waals surface area contributed by atoms with Crippen molar-refractivity contribution in [1.82, 2.24) is 20.1 Å². The maximum Gasteiger partial charge on any atom is 0.149 e. The van der Waals surface area contributed by atoms with E-state index in [9.17, 15) is 8.78 Å². The van der Waals surface area contributed by atoms with Gasteiger partial charge in [-0.2, -0.15) is 0 Å². The van der Waals surface area contributed by atoms with E-state index >= 15 is 0 Å². The summed E-state index contributed by atoms with van der Waals surface area (Å²) in [5.41, 5.74) is 1.07. The molecule has 1 aliphatic rings. The summed E-state index contributed by atoms with van der Waals surface area (Å²) in [4.78, 5) is 0. The zero-order valence-corrected chi connectivity index (χ0v) is 15.0. The molecule has 1 aromatic heterocycles. The molecule has 3 aromatic rings. The fourth-order valence-electron chi connectivity index (χ4n) is 3.25. The van der Waals surface area contributed by atoms with Gasteiger partial charge in [-0.25, -0.2) is 8.78 Å². The minimum absolute atomic E-state index is 0.0931. The Morgan fingerprint density at radius 1 is 1.07 bits per heavy atom. The second kappa shape index (κ2) is 7.44. The Balaban J connectivity index is 1.36. The van der Waals surface area contributed by atoms with Crippen molar-refractivity contribution in [2.45, 2.75) is 38.9 Å². The molecule has 0 radical (unpaired) electrons. The summed E-state index contributed by atoms with van der Waals surface area (Å²) in [6.45, 7) is 3.72. The molecule has 5 nitrogen and oxygen atoms in total. The van der Waals surface area contributed by atoms with Gasteiger partial charge < -0.3 is 14.6 Å². The Bertz CT molecular complexity index is 919. The molecule has 0 fully saturated rings. The van der Waals surface area contributed by atoms with Crippen LogP contribution in [0, 0.1) is 11.6 Å². The first-order chi connectivity index (χ1) is 13.1. The predicted octanol–water partition coefficient (Wildman–Crippen LogP) is 4.15. The van der Waals surface area contributed by atoms with Gasteiger partial charge in [0.2, 0.25) is 0 Å². The third-order valence-corrected chi connectivity index (χ3v) is 4.63. The predicted molar refractivity (Wildman–Crippen MR) is 96.5 cm³/mol. The standard InChI is InChI=1S/C20H20F2N4O/c1-13(20-25-24-19-3-2-8-26(19)20)23-12-14-4-6-17(7-5-14)27-18-10-15(21)9-16(22)11-18/h4-7,9-11,13,23H,2-3,8,12H2,1H3/t13-/m0/s1. The lowest BCUT2D eigenvalue weighted by Crippen LogP contribution is -2.21. The quantitative estimate of drug-likeness (QED) is 0.708. The fraction of sp³-hybridized carbons (Fsp3) is 0.300. The zero-order chi connectivity index (χ0) is 18.8. The van der Waals surface area contributed by atoms with Crippen molar-refractivity contribution in [2.75, 3.05) is 0 Å². The second-order valence-electron chi connectivity index (χ2n) is 6.68. The van der Waals surface area contributed by atoms with Crippen LogP contribution in [0.3, 0.4) is 0 Å². The van der Waals surface area contributed by atoms with Crippen molar-refractivity contribution < 1.29 is 13.5 Å². The van der Waals surface area contributed by atoms with E-state index in [1.54, 1.807) is 12.1 Å². The van der Waals surface area contributed by atoms with Crippen molar-refractivity contribution in [3.05, 3.63) is 71.3 Å². The van der Waals surface area contributed by atoms with Crippen LogP contribution in [-0.4, -0.2) is 14.8 Å². The molecule has 4 rings (SSSR count). The molecule has 140 valence electrons. The first-order valence-electron chi connectivity index (χ1n) is 8.97. The third kappa shape index (κ3) is 3.98. The van der Waals surface area contributed by atoms with Gasteiger partial charge in [0.15, 0.2) is 0 Å². The topological polar surface area (TPSA) is 52.0 Å². The molecule has 0 bridgehead atoms. The molecule has 2 heterocycles. The van der Waals surface area contributed by atoms with Crippen LogP contribution < -0.4 is 10.1 Å². The minimum atomic E-state index is -0.667. The molecule has 27 heavy (non-hydrogen) atoms. The monoisotopic (exact) mass is 370 g/mol. The van der Waals surface area contributed by atoms with Crippen molar-refractivity contribution in [1.29, 1.82) is 0 Å². The molecule has 0 spiro atoms. The normalized spacial score (nSPS) is 14.2. The van der Waals surface area contributed by atoms with Crippen LogP contribution in [0.5, 0.6) is 11.5 Å². The SMILES string of the molecule is C[C@H](NCc1ccc(Oc2cc(F)cc(F)c2)cc1)c1nnc2n1CCC2. The molecule has 1 aliphatic heterocycles. The van der Waals surface area contributed by atoms with E-state index in [2.05, 4.69) is 27.0 Å². The maximum absolute atomic E-state index is 13.2. The van der Waals surface area contributed by atoms with Gasteiger partial charge in [0.05, 0.1) is 6.04 Å². The van der Waals surface area contributed by atoms with Crippen molar-refractivity contribution >= 4 is 0 Å². The van der Waals surface area contributed by atoms with Gasteiger partial charge in [0, 0.05) is 37.7 Å². The van der Waals surface area contributed by atoms with Crippen molar-refractivity contribution in [3.63, 3.8) is 0 Å². The van der Waals surface area contributed by atoms with E-state index in [0.717, 1.165) is 54.8 Å². The van der Waals surface area contributed by atoms with Crippen LogP contribution in [0.4, 0.5) is 8.78 Å².